The standard InChI is InChI=1S/C15H11ClO2S/c16-13-7-5-11(6-8-13)9-14-10-12-3-1-2-4-15(12)19(14,17)18/h1-8,10H,9H2. The van der Waals surface area contributed by atoms with Gasteiger partial charge in [0.2, 0.25) is 9.84 Å². The van der Waals surface area contributed by atoms with E-state index in [1.165, 1.54) is 0 Å². The van der Waals surface area contributed by atoms with Gasteiger partial charge in [-0.1, -0.05) is 41.9 Å². The summed E-state index contributed by atoms with van der Waals surface area (Å²) in [6.07, 6.45) is 2.15. The molecule has 0 saturated carbocycles. The summed E-state index contributed by atoms with van der Waals surface area (Å²) in [4.78, 5) is 0.843. The van der Waals surface area contributed by atoms with E-state index in [2.05, 4.69) is 0 Å². The number of rotatable bonds is 2. The molecule has 0 radical (unpaired) electrons. The fourth-order valence-electron chi connectivity index (χ4n) is 2.19. The average molecular weight is 291 g/mol. The van der Waals surface area contributed by atoms with Crippen LogP contribution in [0.3, 0.4) is 0 Å². The van der Waals surface area contributed by atoms with Crippen molar-refractivity contribution in [2.24, 2.45) is 0 Å². The van der Waals surface area contributed by atoms with Crippen molar-refractivity contribution < 1.29 is 8.42 Å². The molecule has 0 N–H and O–H groups in total. The van der Waals surface area contributed by atoms with Crippen LogP contribution in [-0.2, 0) is 16.3 Å². The molecule has 0 amide bonds. The molecule has 0 aromatic heterocycles. The highest BCUT2D eigenvalue weighted by atomic mass is 35.5. The molecule has 0 aliphatic carbocycles. The zero-order valence-corrected chi connectivity index (χ0v) is 11.6. The summed E-state index contributed by atoms with van der Waals surface area (Å²) < 4.78 is 24.7. The maximum absolute atomic E-state index is 12.4. The molecule has 2 aromatic carbocycles. The number of benzene rings is 2. The van der Waals surface area contributed by atoms with Crippen LogP contribution in [-0.4, -0.2) is 8.42 Å². The third-order valence-electron chi connectivity index (χ3n) is 3.16. The minimum Gasteiger partial charge on any atom is -0.219 e. The topological polar surface area (TPSA) is 34.1 Å². The second-order valence-corrected chi connectivity index (χ2v) is 6.86. The van der Waals surface area contributed by atoms with Crippen molar-refractivity contribution in [1.29, 1.82) is 0 Å². The van der Waals surface area contributed by atoms with E-state index >= 15 is 0 Å². The van der Waals surface area contributed by atoms with Gasteiger partial charge in [0.05, 0.1) is 9.80 Å². The van der Waals surface area contributed by atoms with E-state index in [9.17, 15) is 8.42 Å². The highest BCUT2D eigenvalue weighted by Crippen LogP contribution is 2.34. The number of hydrogen-bond donors (Lipinski definition) is 0. The van der Waals surface area contributed by atoms with Crippen molar-refractivity contribution in [2.75, 3.05) is 0 Å². The normalized spacial score (nSPS) is 15.9. The molecule has 4 heteroatoms. The van der Waals surface area contributed by atoms with Gasteiger partial charge in [-0.05, 0) is 35.4 Å². The van der Waals surface area contributed by atoms with E-state index in [1.807, 2.05) is 24.3 Å². The number of sulfone groups is 1. The molecule has 96 valence electrons. The van der Waals surface area contributed by atoms with Crippen LogP contribution in [0.1, 0.15) is 11.1 Å². The molecule has 1 aliphatic heterocycles. The van der Waals surface area contributed by atoms with E-state index in [0.29, 0.717) is 21.2 Å². The number of hydrogen-bond acceptors (Lipinski definition) is 2. The highest BCUT2D eigenvalue weighted by molar-refractivity contribution is 7.95. The Morgan fingerprint density at radius 1 is 0.947 bits per heavy atom. The molecule has 0 spiro atoms. The molecule has 2 aromatic rings. The van der Waals surface area contributed by atoms with Gasteiger partial charge in [0.1, 0.15) is 0 Å². The first-order valence-electron chi connectivity index (χ1n) is 5.86. The van der Waals surface area contributed by atoms with Crippen LogP contribution in [0, 0.1) is 0 Å². The van der Waals surface area contributed by atoms with Gasteiger partial charge in [-0.15, -0.1) is 0 Å². The Hall–Kier alpha value is -1.58. The molecule has 0 bridgehead atoms. The lowest BCUT2D eigenvalue weighted by molar-refractivity contribution is 0.602. The van der Waals surface area contributed by atoms with Gasteiger partial charge in [-0.3, -0.25) is 0 Å². The van der Waals surface area contributed by atoms with Gasteiger partial charge in [-0.25, -0.2) is 8.42 Å². The predicted octanol–water partition coefficient (Wildman–Crippen LogP) is 3.71. The maximum atomic E-state index is 12.4. The second kappa shape index (κ2) is 4.51. The lowest BCUT2D eigenvalue weighted by Crippen LogP contribution is -2.03. The molecular weight excluding hydrogens is 280 g/mol. The molecule has 1 heterocycles. The summed E-state index contributed by atoms with van der Waals surface area (Å²) in [6.45, 7) is 0. The Bertz CT molecular complexity index is 759. The van der Waals surface area contributed by atoms with Crippen LogP contribution in [0.5, 0.6) is 0 Å². The van der Waals surface area contributed by atoms with Crippen molar-refractivity contribution in [2.45, 2.75) is 11.3 Å². The van der Waals surface area contributed by atoms with Gasteiger partial charge >= 0.3 is 0 Å². The minimum atomic E-state index is -3.33. The van der Waals surface area contributed by atoms with Crippen LogP contribution in [0.2, 0.25) is 5.02 Å². The number of halogens is 1. The number of allylic oxidation sites excluding steroid dienone is 1. The van der Waals surface area contributed by atoms with Gasteiger partial charge < -0.3 is 0 Å². The summed E-state index contributed by atoms with van der Waals surface area (Å²) in [5, 5.41) is 0.648. The number of fused-ring (bicyclic) bond motifs is 1. The van der Waals surface area contributed by atoms with Crippen molar-refractivity contribution in [3.8, 4) is 0 Å². The average Bonchev–Trinajstić information content (AvgIpc) is 2.65. The third kappa shape index (κ3) is 2.20. The maximum Gasteiger partial charge on any atom is 0.203 e. The minimum absolute atomic E-state index is 0.397. The zero-order chi connectivity index (χ0) is 13.5. The van der Waals surface area contributed by atoms with Crippen molar-refractivity contribution in [1.82, 2.24) is 0 Å². The van der Waals surface area contributed by atoms with Crippen LogP contribution in [0.25, 0.3) is 6.08 Å². The quantitative estimate of drug-likeness (QED) is 0.845. The van der Waals surface area contributed by atoms with E-state index in [0.717, 1.165) is 11.1 Å². The lowest BCUT2D eigenvalue weighted by Gasteiger charge is -2.04. The van der Waals surface area contributed by atoms with E-state index in [1.54, 1.807) is 30.3 Å². The Morgan fingerprint density at radius 3 is 2.32 bits per heavy atom. The van der Waals surface area contributed by atoms with Crippen LogP contribution in [0.15, 0.2) is 58.3 Å². The van der Waals surface area contributed by atoms with E-state index in [4.69, 9.17) is 11.6 Å². The molecule has 3 rings (SSSR count). The summed E-state index contributed by atoms with van der Waals surface area (Å²) >= 11 is 5.82. The molecule has 0 atom stereocenters. The fourth-order valence-corrected chi connectivity index (χ4v) is 3.93. The lowest BCUT2D eigenvalue weighted by atomic mass is 10.1. The predicted molar refractivity (Wildman–Crippen MR) is 76.8 cm³/mol. The van der Waals surface area contributed by atoms with Crippen molar-refractivity contribution >= 4 is 27.5 Å². The molecule has 0 fully saturated rings. The Morgan fingerprint density at radius 2 is 1.63 bits per heavy atom. The van der Waals surface area contributed by atoms with Crippen molar-refractivity contribution in [3.63, 3.8) is 0 Å². The summed E-state index contributed by atoms with van der Waals surface area (Å²) in [5.74, 6) is 0. The SMILES string of the molecule is O=S1(=O)C(Cc2ccc(Cl)cc2)=Cc2ccccc21. The van der Waals surface area contributed by atoms with Gasteiger partial charge in [0.25, 0.3) is 0 Å². The first kappa shape index (κ1) is 12.5. The second-order valence-electron chi connectivity index (χ2n) is 4.46. The molecule has 0 unspecified atom stereocenters. The first-order chi connectivity index (χ1) is 9.07. The molecule has 0 saturated heterocycles. The highest BCUT2D eigenvalue weighted by Gasteiger charge is 2.28. The van der Waals surface area contributed by atoms with Gasteiger partial charge in [-0.2, -0.15) is 0 Å². The van der Waals surface area contributed by atoms with Gasteiger partial charge in [0, 0.05) is 11.4 Å². The summed E-state index contributed by atoms with van der Waals surface area (Å²) in [6, 6.07) is 14.3. The Kier molecular flexibility index (Phi) is 2.96. The Labute approximate surface area is 117 Å². The molecular formula is C15H11ClO2S. The van der Waals surface area contributed by atoms with Gasteiger partial charge in [0.15, 0.2) is 0 Å². The zero-order valence-electron chi connectivity index (χ0n) is 10.0. The van der Waals surface area contributed by atoms with Crippen LogP contribution >= 0.6 is 11.6 Å². The van der Waals surface area contributed by atoms with E-state index < -0.39 is 9.84 Å². The van der Waals surface area contributed by atoms with Crippen LogP contribution in [0.4, 0.5) is 0 Å². The first-order valence-corrected chi connectivity index (χ1v) is 7.72. The summed E-state index contributed by atoms with van der Waals surface area (Å²) in [5.41, 5.74) is 1.71. The smallest absolute Gasteiger partial charge is 0.203 e. The molecule has 19 heavy (non-hydrogen) atoms. The largest absolute Gasteiger partial charge is 0.219 e. The molecule has 2 nitrogen and oxygen atoms in total. The summed E-state index contributed by atoms with van der Waals surface area (Å²) in [7, 11) is -3.33. The monoisotopic (exact) mass is 290 g/mol. The third-order valence-corrected chi connectivity index (χ3v) is 5.32. The molecule has 1 aliphatic rings. The Balaban J connectivity index is 1.98. The van der Waals surface area contributed by atoms with Crippen molar-refractivity contribution in [3.05, 3.63) is 69.6 Å². The van der Waals surface area contributed by atoms with E-state index in [-0.39, 0.29) is 0 Å². The fraction of sp³-hybridized carbons (Fsp3) is 0.0667. The van der Waals surface area contributed by atoms with Crippen LogP contribution < -0.4 is 0 Å².